The van der Waals surface area contributed by atoms with Gasteiger partial charge in [0.25, 0.3) is 0 Å². The van der Waals surface area contributed by atoms with Crippen molar-refractivity contribution in [2.75, 3.05) is 40.9 Å². The zero-order valence-electron chi connectivity index (χ0n) is 36.2. The van der Waals surface area contributed by atoms with Gasteiger partial charge in [0.2, 0.25) is 5.91 Å². The van der Waals surface area contributed by atoms with Crippen molar-refractivity contribution in [2.24, 2.45) is 0 Å². The summed E-state index contributed by atoms with van der Waals surface area (Å²) in [7, 11) is 1.57. The number of nitrogens with zero attached hydrogens (tertiary/aromatic N) is 1. The van der Waals surface area contributed by atoms with E-state index in [0.29, 0.717) is 17.4 Å². The Labute approximate surface area is 334 Å². The molecule has 0 aromatic carbocycles. The average Bonchev–Trinajstić information content (AvgIpc) is 3.12. The predicted octanol–water partition coefficient (Wildman–Crippen LogP) is 12.5. The lowest BCUT2D eigenvalue weighted by atomic mass is 10.0. The van der Waals surface area contributed by atoms with E-state index in [-0.39, 0.29) is 19.1 Å². The van der Waals surface area contributed by atoms with Crippen LogP contribution in [0.4, 0.5) is 0 Å². The van der Waals surface area contributed by atoms with Crippen LogP contribution in [0.5, 0.6) is 0 Å². The number of nitrogens with one attached hydrogen (secondary N) is 1. The highest BCUT2D eigenvalue weighted by atomic mass is 31.2. The number of carbonyl (C=O) groups excluding carboxylic acids is 1. The highest BCUT2D eigenvalue weighted by Gasteiger charge is 2.27. The van der Waals surface area contributed by atoms with Gasteiger partial charge in [0.1, 0.15) is 13.2 Å². The van der Waals surface area contributed by atoms with Crippen molar-refractivity contribution < 1.29 is 32.9 Å². The first kappa shape index (κ1) is 53.0. The number of hydrogen-bond donors (Lipinski definition) is 3. The summed E-state index contributed by atoms with van der Waals surface area (Å²) in [6.07, 6.45) is 43.9. The molecular formula is C45H90N2O6P+. The highest BCUT2D eigenvalue weighted by molar-refractivity contribution is 7.47. The predicted molar refractivity (Wildman–Crippen MR) is 231 cm³/mol. The minimum absolute atomic E-state index is 0.0610. The van der Waals surface area contributed by atoms with Gasteiger partial charge in [-0.3, -0.25) is 13.8 Å². The fourth-order valence-corrected chi connectivity index (χ4v) is 7.24. The molecule has 3 unspecified atom stereocenters. The van der Waals surface area contributed by atoms with Gasteiger partial charge in [-0.05, 0) is 44.9 Å². The van der Waals surface area contributed by atoms with E-state index in [0.717, 1.165) is 51.4 Å². The summed E-state index contributed by atoms with van der Waals surface area (Å²) >= 11 is 0. The van der Waals surface area contributed by atoms with Crippen LogP contribution in [-0.4, -0.2) is 73.4 Å². The minimum Gasteiger partial charge on any atom is -0.387 e. The number of hydrogen-bond acceptors (Lipinski definition) is 5. The molecule has 0 aromatic heterocycles. The molecule has 0 fully saturated rings. The molecule has 0 radical (unpaired) electrons. The fourth-order valence-electron chi connectivity index (χ4n) is 6.51. The van der Waals surface area contributed by atoms with Crippen LogP contribution in [0.2, 0.25) is 0 Å². The summed E-state index contributed by atoms with van der Waals surface area (Å²) in [6, 6.07) is -0.847. The Morgan fingerprint density at radius 3 is 1.44 bits per heavy atom. The third-order valence-electron chi connectivity index (χ3n) is 10.2. The lowest BCUT2D eigenvalue weighted by Gasteiger charge is -2.25. The summed E-state index contributed by atoms with van der Waals surface area (Å²) in [5.74, 6) is -0.186. The van der Waals surface area contributed by atoms with Crippen LogP contribution in [0.25, 0.3) is 0 Å². The van der Waals surface area contributed by atoms with E-state index < -0.39 is 20.0 Å². The summed E-state index contributed by atoms with van der Waals surface area (Å²) < 4.78 is 23.5. The molecule has 3 atom stereocenters. The Morgan fingerprint density at radius 1 is 0.611 bits per heavy atom. The van der Waals surface area contributed by atoms with Gasteiger partial charge in [-0.2, -0.15) is 0 Å². The number of unbranched alkanes of at least 4 members (excludes halogenated alkanes) is 26. The molecule has 0 bridgehead atoms. The molecule has 0 aromatic rings. The second-order valence-corrected chi connectivity index (χ2v) is 18.2. The number of rotatable bonds is 41. The number of quaternary nitrogens is 1. The van der Waals surface area contributed by atoms with Crippen molar-refractivity contribution >= 4 is 13.7 Å². The van der Waals surface area contributed by atoms with Gasteiger partial charge in [-0.1, -0.05) is 179 Å². The van der Waals surface area contributed by atoms with Crippen molar-refractivity contribution in [1.29, 1.82) is 0 Å². The normalized spacial score (nSPS) is 14.6. The molecular weight excluding hydrogens is 695 g/mol. The second kappa shape index (κ2) is 37.6. The first-order valence-electron chi connectivity index (χ1n) is 22.7. The molecule has 0 spiro atoms. The molecule has 8 nitrogen and oxygen atoms in total. The minimum atomic E-state index is -4.34. The zero-order chi connectivity index (χ0) is 40.0. The number of aliphatic hydroxyl groups excluding tert-OH is 1. The number of phosphoric acid groups is 1. The van der Waals surface area contributed by atoms with Crippen LogP contribution in [-0.2, 0) is 18.4 Å². The lowest BCUT2D eigenvalue weighted by molar-refractivity contribution is -0.870. The Bertz CT molecular complexity index is 938. The topological polar surface area (TPSA) is 105 Å². The van der Waals surface area contributed by atoms with Crippen LogP contribution < -0.4 is 5.32 Å². The first-order chi connectivity index (χ1) is 26.0. The summed E-state index contributed by atoms with van der Waals surface area (Å²) in [4.78, 5) is 23.1. The molecule has 9 heteroatoms. The third-order valence-corrected chi connectivity index (χ3v) is 11.1. The quantitative estimate of drug-likeness (QED) is 0.0247. The van der Waals surface area contributed by atoms with E-state index in [1.54, 1.807) is 6.08 Å². The average molecular weight is 786 g/mol. The van der Waals surface area contributed by atoms with Gasteiger partial charge in [0, 0.05) is 6.42 Å². The number of carbonyl (C=O) groups is 1. The third kappa shape index (κ3) is 39.2. The maximum Gasteiger partial charge on any atom is 0.472 e. The molecule has 0 saturated heterocycles. The molecule has 0 aliphatic rings. The Kier molecular flexibility index (Phi) is 36.8. The van der Waals surface area contributed by atoms with Gasteiger partial charge in [0.15, 0.2) is 0 Å². The molecule has 320 valence electrons. The highest BCUT2D eigenvalue weighted by Crippen LogP contribution is 2.43. The summed E-state index contributed by atoms with van der Waals surface area (Å²) in [5.41, 5.74) is 0. The molecule has 0 aliphatic carbocycles. The molecule has 0 aliphatic heterocycles. The van der Waals surface area contributed by atoms with Crippen molar-refractivity contribution in [2.45, 2.75) is 219 Å². The second-order valence-electron chi connectivity index (χ2n) is 16.8. The maximum absolute atomic E-state index is 12.8. The molecule has 54 heavy (non-hydrogen) atoms. The van der Waals surface area contributed by atoms with Crippen molar-refractivity contribution in [3.8, 4) is 0 Å². The maximum atomic E-state index is 12.8. The number of likely N-dealkylation sites (N-methyl/N-ethyl adjacent to an activating group) is 1. The Balaban J connectivity index is 4.40. The van der Waals surface area contributed by atoms with E-state index >= 15 is 0 Å². The molecule has 0 heterocycles. The van der Waals surface area contributed by atoms with Gasteiger partial charge < -0.3 is 19.8 Å². The van der Waals surface area contributed by atoms with Crippen LogP contribution in [0.1, 0.15) is 206 Å². The molecule has 0 saturated carbocycles. The number of phosphoric ester groups is 1. The smallest absolute Gasteiger partial charge is 0.387 e. The van der Waals surface area contributed by atoms with Crippen LogP contribution in [0.15, 0.2) is 24.3 Å². The largest absolute Gasteiger partial charge is 0.472 e. The SMILES string of the molecule is CCCCCC/C=C\CCCCCCCC(=O)NC(COP(=O)(O)OCC[N+](C)(C)C)C(O)/C=C/CCCCCCCCCCCCCCCCCCC. The van der Waals surface area contributed by atoms with E-state index in [1.807, 2.05) is 27.2 Å². The van der Waals surface area contributed by atoms with E-state index in [9.17, 15) is 19.4 Å². The van der Waals surface area contributed by atoms with E-state index in [2.05, 4.69) is 31.3 Å². The van der Waals surface area contributed by atoms with E-state index in [1.165, 1.54) is 135 Å². The van der Waals surface area contributed by atoms with Gasteiger partial charge in [-0.25, -0.2) is 4.57 Å². The van der Waals surface area contributed by atoms with Gasteiger partial charge in [0.05, 0.1) is 39.9 Å². The number of amides is 1. The fraction of sp³-hybridized carbons (Fsp3) is 0.889. The standard InChI is InChI=1S/C45H89N2O6P/c1-6-8-10-12-14-16-18-20-21-22-23-24-25-27-28-30-32-34-36-38-44(48)43(42-53-54(50,51)52-41-40-47(3,4)5)46-45(49)39-37-35-33-31-29-26-19-17-15-13-11-9-7-2/h17,19,36,38,43-44,48H,6-16,18,20-35,37,39-42H2,1-5H3,(H-,46,49,50,51)/p+1/b19-17-,38-36+. The Morgan fingerprint density at radius 2 is 1.00 bits per heavy atom. The van der Waals surface area contributed by atoms with E-state index in [4.69, 9.17) is 9.05 Å². The van der Waals surface area contributed by atoms with Gasteiger partial charge >= 0.3 is 7.82 Å². The number of aliphatic hydroxyl groups is 1. The number of allylic oxidation sites excluding steroid dienone is 3. The zero-order valence-corrected chi connectivity index (χ0v) is 37.1. The first-order valence-corrected chi connectivity index (χ1v) is 24.2. The summed E-state index contributed by atoms with van der Waals surface area (Å²) in [5, 5.41) is 13.8. The summed E-state index contributed by atoms with van der Waals surface area (Å²) in [6.45, 7) is 4.80. The molecule has 3 N–H and O–H groups in total. The van der Waals surface area contributed by atoms with Crippen LogP contribution >= 0.6 is 7.82 Å². The van der Waals surface area contributed by atoms with Crippen molar-refractivity contribution in [1.82, 2.24) is 5.32 Å². The van der Waals surface area contributed by atoms with Gasteiger partial charge in [-0.15, -0.1) is 0 Å². The van der Waals surface area contributed by atoms with Crippen molar-refractivity contribution in [3.05, 3.63) is 24.3 Å². The van der Waals surface area contributed by atoms with Crippen LogP contribution in [0.3, 0.4) is 0 Å². The monoisotopic (exact) mass is 786 g/mol. The van der Waals surface area contributed by atoms with Crippen LogP contribution in [0, 0.1) is 0 Å². The van der Waals surface area contributed by atoms with Crippen molar-refractivity contribution in [3.63, 3.8) is 0 Å². The molecule has 1 amide bonds. The lowest BCUT2D eigenvalue weighted by Crippen LogP contribution is -2.45. The molecule has 0 rings (SSSR count). The Hall–Kier alpha value is -1.02.